The van der Waals surface area contributed by atoms with E-state index < -0.39 is 10.0 Å². The zero-order valence-electron chi connectivity index (χ0n) is 10.8. The lowest BCUT2D eigenvalue weighted by Crippen LogP contribution is -2.47. The van der Waals surface area contributed by atoms with E-state index in [1.54, 1.807) is 11.8 Å². The second-order valence-electron chi connectivity index (χ2n) is 4.56. The van der Waals surface area contributed by atoms with Crippen molar-refractivity contribution in [2.24, 2.45) is 0 Å². The Morgan fingerprint density at radius 3 is 2.28 bits per heavy atom. The summed E-state index contributed by atoms with van der Waals surface area (Å²) in [5.41, 5.74) is 0. The lowest BCUT2D eigenvalue weighted by molar-refractivity contribution is -0.135. The fourth-order valence-corrected chi connectivity index (χ4v) is 2.82. The summed E-state index contributed by atoms with van der Waals surface area (Å²) in [5, 5.41) is 0. The van der Waals surface area contributed by atoms with Gasteiger partial charge in [-0.2, -0.15) is 0 Å². The van der Waals surface area contributed by atoms with Crippen LogP contribution in [0.5, 0.6) is 0 Å². The average Bonchev–Trinajstić information content (AvgIpc) is 2.28. The summed E-state index contributed by atoms with van der Waals surface area (Å²) in [6.07, 6.45) is 1.14. The fraction of sp³-hybridized carbons (Fsp3) is 0.818. The molecule has 1 fully saturated rings. The maximum Gasteiger partial charge on any atom is 0.230 e. The molecular formula is C11H20N2O4S. The number of rotatable bonds is 5. The Labute approximate surface area is 108 Å². The van der Waals surface area contributed by atoms with E-state index in [2.05, 4.69) is 4.72 Å². The van der Waals surface area contributed by atoms with E-state index in [4.69, 9.17) is 0 Å². The number of nitrogens with one attached hydrogen (secondary N) is 1. The second-order valence-corrected chi connectivity index (χ2v) is 6.60. The molecule has 1 rings (SSSR count). The topological polar surface area (TPSA) is 83.6 Å². The minimum Gasteiger partial charge on any atom is -0.342 e. The lowest BCUT2D eigenvalue weighted by Gasteiger charge is -2.32. The SMILES string of the molecule is CCS(=O)(=O)NC1CCN(C(=O)CC(C)=O)CC1. The van der Waals surface area contributed by atoms with E-state index in [-0.39, 0.29) is 29.9 Å². The molecule has 0 atom stereocenters. The highest BCUT2D eigenvalue weighted by Crippen LogP contribution is 2.12. The summed E-state index contributed by atoms with van der Waals surface area (Å²) in [6.45, 7) is 3.99. The van der Waals surface area contributed by atoms with Crippen molar-refractivity contribution in [1.29, 1.82) is 0 Å². The number of Topliss-reactive ketones (excluding diaryl/α,β-unsaturated/α-hetero) is 1. The number of amides is 1. The van der Waals surface area contributed by atoms with Crippen LogP contribution in [0.25, 0.3) is 0 Å². The van der Waals surface area contributed by atoms with Gasteiger partial charge in [0.1, 0.15) is 5.78 Å². The van der Waals surface area contributed by atoms with E-state index in [9.17, 15) is 18.0 Å². The smallest absolute Gasteiger partial charge is 0.230 e. The number of hydrogen-bond donors (Lipinski definition) is 1. The van der Waals surface area contributed by atoms with Crippen LogP contribution in [-0.4, -0.2) is 49.9 Å². The zero-order valence-corrected chi connectivity index (χ0v) is 11.6. The predicted molar refractivity (Wildman–Crippen MR) is 67.5 cm³/mol. The molecule has 0 aliphatic carbocycles. The molecule has 0 aromatic rings. The summed E-state index contributed by atoms with van der Waals surface area (Å²) in [6, 6.07) is -0.101. The first-order valence-electron chi connectivity index (χ1n) is 6.11. The molecule has 7 heteroatoms. The Morgan fingerprint density at radius 2 is 1.83 bits per heavy atom. The maximum atomic E-state index is 11.6. The summed E-state index contributed by atoms with van der Waals surface area (Å²) in [5.74, 6) is -0.246. The second kappa shape index (κ2) is 6.29. The quantitative estimate of drug-likeness (QED) is 0.711. The van der Waals surface area contributed by atoms with Crippen LogP contribution in [0.1, 0.15) is 33.1 Å². The molecule has 1 saturated heterocycles. The summed E-state index contributed by atoms with van der Waals surface area (Å²) in [7, 11) is -3.18. The number of carbonyl (C=O) groups excluding carboxylic acids is 2. The van der Waals surface area contributed by atoms with Crippen molar-refractivity contribution < 1.29 is 18.0 Å². The lowest BCUT2D eigenvalue weighted by atomic mass is 10.1. The number of carbonyl (C=O) groups is 2. The molecule has 0 bridgehead atoms. The number of ketones is 1. The van der Waals surface area contributed by atoms with Crippen molar-refractivity contribution in [3.63, 3.8) is 0 Å². The normalized spacial score (nSPS) is 17.8. The van der Waals surface area contributed by atoms with Crippen LogP contribution in [0.15, 0.2) is 0 Å². The highest BCUT2D eigenvalue weighted by atomic mass is 32.2. The van der Waals surface area contributed by atoms with Gasteiger partial charge >= 0.3 is 0 Å². The van der Waals surface area contributed by atoms with Gasteiger partial charge in [-0.3, -0.25) is 9.59 Å². The van der Waals surface area contributed by atoms with Gasteiger partial charge < -0.3 is 4.90 Å². The van der Waals surface area contributed by atoms with E-state index in [0.29, 0.717) is 25.9 Å². The van der Waals surface area contributed by atoms with Gasteiger partial charge in [-0.05, 0) is 26.7 Å². The van der Waals surface area contributed by atoms with Crippen molar-refractivity contribution >= 4 is 21.7 Å². The van der Waals surface area contributed by atoms with E-state index >= 15 is 0 Å². The van der Waals surface area contributed by atoms with Crippen molar-refractivity contribution in [3.8, 4) is 0 Å². The predicted octanol–water partition coefficient (Wildman–Crippen LogP) is -0.104. The Balaban J connectivity index is 2.42. The molecule has 1 amide bonds. The standard InChI is InChI=1S/C11H20N2O4S/c1-3-18(16,17)12-10-4-6-13(7-5-10)11(15)8-9(2)14/h10,12H,3-8H2,1-2H3. The molecule has 104 valence electrons. The van der Waals surface area contributed by atoms with Gasteiger partial charge in [0.15, 0.2) is 0 Å². The van der Waals surface area contributed by atoms with E-state index in [1.807, 2.05) is 0 Å². The molecule has 18 heavy (non-hydrogen) atoms. The van der Waals surface area contributed by atoms with Crippen LogP contribution in [0.3, 0.4) is 0 Å². The molecule has 0 aromatic carbocycles. The van der Waals surface area contributed by atoms with Crippen molar-refractivity contribution in [2.45, 2.75) is 39.2 Å². The van der Waals surface area contributed by atoms with Crippen LogP contribution < -0.4 is 4.72 Å². The molecule has 6 nitrogen and oxygen atoms in total. The van der Waals surface area contributed by atoms with Gasteiger partial charge in [0.25, 0.3) is 0 Å². The minimum atomic E-state index is -3.18. The molecule has 0 unspecified atom stereocenters. The minimum absolute atomic E-state index is 0.0641. The monoisotopic (exact) mass is 276 g/mol. The number of sulfonamides is 1. The van der Waals surface area contributed by atoms with Crippen LogP contribution in [0.4, 0.5) is 0 Å². The van der Waals surface area contributed by atoms with Crippen LogP contribution in [0.2, 0.25) is 0 Å². The van der Waals surface area contributed by atoms with E-state index in [1.165, 1.54) is 6.92 Å². The van der Waals surface area contributed by atoms with Gasteiger partial charge in [-0.25, -0.2) is 13.1 Å². The fourth-order valence-electron chi connectivity index (χ4n) is 1.91. The van der Waals surface area contributed by atoms with Gasteiger partial charge in [0.05, 0.1) is 12.2 Å². The molecule has 0 aromatic heterocycles. The highest BCUT2D eigenvalue weighted by molar-refractivity contribution is 7.89. The third-order valence-electron chi connectivity index (χ3n) is 2.97. The molecule has 0 spiro atoms. The Hall–Kier alpha value is -0.950. The third-order valence-corrected chi connectivity index (χ3v) is 4.43. The number of piperidine rings is 1. The molecule has 1 aliphatic rings. The van der Waals surface area contributed by atoms with E-state index in [0.717, 1.165) is 0 Å². The van der Waals surface area contributed by atoms with Gasteiger partial charge in [0.2, 0.25) is 15.9 Å². The number of nitrogens with zero attached hydrogens (tertiary/aromatic N) is 1. The highest BCUT2D eigenvalue weighted by Gasteiger charge is 2.25. The van der Waals surface area contributed by atoms with Crippen LogP contribution in [0, 0.1) is 0 Å². The van der Waals surface area contributed by atoms with Crippen molar-refractivity contribution in [3.05, 3.63) is 0 Å². The number of hydrogen-bond acceptors (Lipinski definition) is 4. The first-order chi connectivity index (χ1) is 8.34. The van der Waals surface area contributed by atoms with Gasteiger partial charge in [-0.1, -0.05) is 0 Å². The summed E-state index contributed by atoms with van der Waals surface area (Å²) < 4.78 is 25.4. The maximum absolute atomic E-state index is 11.6. The molecule has 0 saturated carbocycles. The Kier molecular flexibility index (Phi) is 5.28. The van der Waals surface area contributed by atoms with Crippen molar-refractivity contribution in [2.75, 3.05) is 18.8 Å². The molecule has 1 aliphatic heterocycles. The van der Waals surface area contributed by atoms with Gasteiger partial charge in [0, 0.05) is 19.1 Å². The van der Waals surface area contributed by atoms with Gasteiger partial charge in [-0.15, -0.1) is 0 Å². The molecular weight excluding hydrogens is 256 g/mol. The Bertz CT molecular complexity index is 411. The molecule has 0 radical (unpaired) electrons. The first kappa shape index (κ1) is 15.1. The first-order valence-corrected chi connectivity index (χ1v) is 7.76. The summed E-state index contributed by atoms with van der Waals surface area (Å²) >= 11 is 0. The summed E-state index contributed by atoms with van der Waals surface area (Å²) in [4.78, 5) is 24.1. The third kappa shape index (κ3) is 4.73. The largest absolute Gasteiger partial charge is 0.342 e. The average molecular weight is 276 g/mol. The zero-order chi connectivity index (χ0) is 13.8. The molecule has 1 heterocycles. The molecule has 1 N–H and O–H groups in total. The van der Waals surface area contributed by atoms with Crippen molar-refractivity contribution in [1.82, 2.24) is 9.62 Å². The van der Waals surface area contributed by atoms with Crippen LogP contribution in [-0.2, 0) is 19.6 Å². The van der Waals surface area contributed by atoms with Crippen LogP contribution >= 0.6 is 0 Å². The number of likely N-dealkylation sites (tertiary alicyclic amines) is 1. The Morgan fingerprint density at radius 1 is 1.28 bits per heavy atom.